The number of benzene rings is 1. The number of nitrogens with one attached hydrogen (secondary N) is 3. The average Bonchev–Trinajstić information content (AvgIpc) is 3.50. The maximum atomic E-state index is 14.0. The Kier molecular flexibility index (Phi) is 12.3. The molecule has 6 atom stereocenters. The van der Waals surface area contributed by atoms with Gasteiger partial charge in [-0.1, -0.05) is 44.2 Å². The zero-order valence-corrected chi connectivity index (χ0v) is 26.4. The van der Waals surface area contributed by atoms with Crippen molar-refractivity contribution in [3.8, 4) is 0 Å². The molecule has 3 aliphatic heterocycles. The molecular weight excluding hydrogens is 582 g/mol. The van der Waals surface area contributed by atoms with E-state index in [4.69, 9.17) is 9.47 Å². The Balaban J connectivity index is 1.69. The lowest BCUT2D eigenvalue weighted by Crippen LogP contribution is -2.60. The first-order valence-corrected chi connectivity index (χ1v) is 15.9. The highest BCUT2D eigenvalue weighted by molar-refractivity contribution is 5.95. The van der Waals surface area contributed by atoms with E-state index in [2.05, 4.69) is 16.0 Å². The third kappa shape index (κ3) is 9.24. The summed E-state index contributed by atoms with van der Waals surface area (Å²) in [6.07, 6.45) is -0.185. The van der Waals surface area contributed by atoms with E-state index in [1.165, 1.54) is 16.9 Å². The molecule has 3 fully saturated rings. The van der Waals surface area contributed by atoms with E-state index in [9.17, 15) is 29.1 Å². The third-order valence-electron chi connectivity index (χ3n) is 8.58. The van der Waals surface area contributed by atoms with Crippen LogP contribution >= 0.6 is 0 Å². The van der Waals surface area contributed by atoms with E-state index < -0.39 is 60.0 Å². The second-order valence-electron chi connectivity index (χ2n) is 12.5. The lowest BCUT2D eigenvalue weighted by molar-refractivity contribution is -0.146. The molecule has 13 nitrogen and oxygen atoms in total. The monoisotopic (exact) mass is 629 g/mol. The van der Waals surface area contributed by atoms with Crippen LogP contribution in [-0.4, -0.2) is 121 Å². The van der Waals surface area contributed by atoms with Gasteiger partial charge in [-0.25, -0.2) is 0 Å². The largest absolute Gasteiger partial charge is 0.388 e. The van der Waals surface area contributed by atoms with Gasteiger partial charge in [0, 0.05) is 26.7 Å². The summed E-state index contributed by atoms with van der Waals surface area (Å²) in [6, 6.07) is 5.84. The predicted molar refractivity (Wildman–Crippen MR) is 164 cm³/mol. The quantitative estimate of drug-likeness (QED) is 0.321. The van der Waals surface area contributed by atoms with Gasteiger partial charge in [-0.05, 0) is 37.2 Å². The number of rotatable bonds is 7. The number of aliphatic hydroxyl groups excluding tert-OH is 1. The van der Waals surface area contributed by atoms with Crippen LogP contribution in [0.1, 0.15) is 51.5 Å². The topological polar surface area (TPSA) is 167 Å². The Morgan fingerprint density at radius 2 is 1.80 bits per heavy atom. The van der Waals surface area contributed by atoms with Crippen LogP contribution in [0, 0.1) is 5.92 Å². The Hall–Kier alpha value is -3.55. The van der Waals surface area contributed by atoms with Crippen LogP contribution in [0.2, 0.25) is 0 Å². The summed E-state index contributed by atoms with van der Waals surface area (Å²) in [5.74, 6) is -2.16. The maximum absolute atomic E-state index is 14.0. The number of hydrogen-bond donors (Lipinski definition) is 4. The molecule has 248 valence electrons. The molecule has 0 unspecified atom stereocenters. The molecule has 3 aliphatic rings. The van der Waals surface area contributed by atoms with Crippen molar-refractivity contribution in [3.05, 3.63) is 35.9 Å². The molecule has 0 aromatic heterocycles. The zero-order chi connectivity index (χ0) is 32.5. The number of hydrogen-bond acceptors (Lipinski definition) is 8. The first kappa shape index (κ1) is 34.3. The molecule has 13 heteroatoms. The summed E-state index contributed by atoms with van der Waals surface area (Å²) in [5, 5.41) is 19.8. The number of ether oxygens (including phenoxy) is 2. The predicted octanol–water partition coefficient (Wildman–Crippen LogP) is -0.251. The van der Waals surface area contributed by atoms with Crippen molar-refractivity contribution in [2.45, 2.75) is 88.7 Å². The van der Waals surface area contributed by atoms with E-state index in [1.54, 1.807) is 0 Å². The van der Waals surface area contributed by atoms with Gasteiger partial charge >= 0.3 is 0 Å². The molecule has 0 spiro atoms. The van der Waals surface area contributed by atoms with Crippen molar-refractivity contribution in [1.82, 2.24) is 25.8 Å². The van der Waals surface area contributed by atoms with Gasteiger partial charge in [0.2, 0.25) is 29.5 Å². The Morgan fingerprint density at radius 1 is 1.04 bits per heavy atom. The molecule has 2 bridgehead atoms. The minimum Gasteiger partial charge on any atom is -0.388 e. The van der Waals surface area contributed by atoms with Gasteiger partial charge < -0.3 is 40.3 Å². The van der Waals surface area contributed by atoms with Crippen molar-refractivity contribution < 1.29 is 38.6 Å². The summed E-state index contributed by atoms with van der Waals surface area (Å²) < 4.78 is 10.9. The fraction of sp³-hybridized carbons (Fsp3) is 0.656. The van der Waals surface area contributed by atoms with Crippen molar-refractivity contribution >= 4 is 29.5 Å². The smallest absolute Gasteiger partial charge is 0.246 e. The number of amides is 5. The molecule has 0 saturated carbocycles. The highest BCUT2D eigenvalue weighted by atomic mass is 16.5. The van der Waals surface area contributed by atoms with Crippen LogP contribution in [0.4, 0.5) is 0 Å². The van der Waals surface area contributed by atoms with Crippen LogP contribution in [0.3, 0.4) is 0 Å². The summed E-state index contributed by atoms with van der Waals surface area (Å²) >= 11 is 0. The van der Waals surface area contributed by atoms with Gasteiger partial charge in [0.1, 0.15) is 30.3 Å². The normalized spacial score (nSPS) is 28.6. The fourth-order valence-electron chi connectivity index (χ4n) is 6.23. The molecule has 1 aromatic carbocycles. The minimum absolute atomic E-state index is 0.000739. The van der Waals surface area contributed by atoms with Crippen molar-refractivity contribution in [1.29, 1.82) is 0 Å². The number of methoxy groups -OCH3 is 1. The lowest BCUT2D eigenvalue weighted by atomic mass is 9.97. The highest BCUT2D eigenvalue weighted by Gasteiger charge is 2.41. The first-order valence-electron chi connectivity index (χ1n) is 15.9. The van der Waals surface area contributed by atoms with Crippen LogP contribution in [0.25, 0.3) is 0 Å². The van der Waals surface area contributed by atoms with E-state index in [1.807, 2.05) is 44.2 Å². The van der Waals surface area contributed by atoms with E-state index in [-0.39, 0.29) is 51.0 Å². The Morgan fingerprint density at radius 3 is 2.51 bits per heavy atom. The van der Waals surface area contributed by atoms with Crippen LogP contribution < -0.4 is 16.0 Å². The molecule has 45 heavy (non-hydrogen) atoms. The number of fused-ring (bicyclic) bond motifs is 3. The Labute approximate surface area is 264 Å². The summed E-state index contributed by atoms with van der Waals surface area (Å²) in [6.45, 7) is 4.07. The highest BCUT2D eigenvalue weighted by Crippen LogP contribution is 2.22. The van der Waals surface area contributed by atoms with Crippen molar-refractivity contribution in [2.75, 3.05) is 40.0 Å². The minimum atomic E-state index is -1.17. The van der Waals surface area contributed by atoms with Crippen molar-refractivity contribution in [2.24, 2.45) is 5.92 Å². The van der Waals surface area contributed by atoms with E-state index >= 15 is 0 Å². The standard InChI is InChI=1S/C32H47N5O8/c1-20(2)16-23-30(41)34-22-11-15-45-26(29(22)40)18-36(28(39)12-14-44-3)19-27(38)33-24(17-21-8-5-4-6-9-21)32(43)37-13-7-10-25(37)31(42)35-23/h4-6,8-9,20,22-26,29,40H,7,10-19H2,1-3H3,(H,33,38)(H,34,41)(H,35,42)/t22-,23+,24-,25+,26+,29-/m0/s1. The van der Waals surface area contributed by atoms with Gasteiger partial charge in [0.05, 0.1) is 32.2 Å². The fourth-order valence-corrected chi connectivity index (χ4v) is 6.23. The molecule has 1 aromatic rings. The molecule has 4 rings (SSSR count). The second kappa shape index (κ2) is 16.1. The van der Waals surface area contributed by atoms with Crippen LogP contribution in [-0.2, 0) is 39.9 Å². The number of nitrogens with zero attached hydrogens (tertiary/aromatic N) is 2. The summed E-state index contributed by atoms with van der Waals surface area (Å²) in [4.78, 5) is 70.7. The molecule has 3 heterocycles. The van der Waals surface area contributed by atoms with E-state index in [0.29, 0.717) is 32.2 Å². The molecular formula is C32H47N5O8. The first-order chi connectivity index (χ1) is 21.6. The number of carbonyl (C=O) groups is 5. The molecule has 0 radical (unpaired) electrons. The average molecular weight is 630 g/mol. The van der Waals surface area contributed by atoms with Gasteiger partial charge in [-0.3, -0.25) is 24.0 Å². The van der Waals surface area contributed by atoms with Gasteiger partial charge in [0.25, 0.3) is 0 Å². The maximum Gasteiger partial charge on any atom is 0.246 e. The third-order valence-corrected chi connectivity index (χ3v) is 8.58. The molecule has 4 N–H and O–H groups in total. The zero-order valence-electron chi connectivity index (χ0n) is 26.4. The summed E-state index contributed by atoms with van der Waals surface area (Å²) in [7, 11) is 1.47. The van der Waals surface area contributed by atoms with Gasteiger partial charge in [-0.2, -0.15) is 0 Å². The second-order valence-corrected chi connectivity index (χ2v) is 12.5. The Bertz CT molecular complexity index is 1200. The molecule has 5 amide bonds. The SMILES string of the molecule is COCCC(=O)N1CC(=O)N[C@@H](Cc2ccccc2)C(=O)N2CCC[C@@H]2C(=O)N[C@H](CC(C)C)C(=O)N[C@H]2CCO[C@H](C1)[C@H]2O. The van der Waals surface area contributed by atoms with E-state index in [0.717, 1.165) is 5.56 Å². The van der Waals surface area contributed by atoms with Gasteiger partial charge in [0.15, 0.2) is 0 Å². The van der Waals surface area contributed by atoms with Crippen LogP contribution in [0.15, 0.2) is 30.3 Å². The lowest BCUT2D eigenvalue weighted by Gasteiger charge is -2.38. The van der Waals surface area contributed by atoms with Crippen molar-refractivity contribution in [3.63, 3.8) is 0 Å². The van der Waals surface area contributed by atoms with Crippen LogP contribution in [0.5, 0.6) is 0 Å². The molecule has 3 saturated heterocycles. The summed E-state index contributed by atoms with van der Waals surface area (Å²) in [5.41, 5.74) is 0.814. The van der Waals surface area contributed by atoms with Gasteiger partial charge in [-0.15, -0.1) is 0 Å². The molecule has 0 aliphatic carbocycles. The number of aliphatic hydroxyl groups is 1. The number of carbonyl (C=O) groups excluding carboxylic acids is 5.